The van der Waals surface area contributed by atoms with Gasteiger partial charge in [0.25, 0.3) is 0 Å². The molecule has 0 unspecified atom stereocenters. The molecule has 41 heavy (non-hydrogen) atoms. The van der Waals surface area contributed by atoms with E-state index >= 15 is 0 Å². The van der Waals surface area contributed by atoms with Crippen LogP contribution in [0.4, 0.5) is 4.39 Å². The van der Waals surface area contributed by atoms with E-state index in [1.54, 1.807) is 32.3 Å². The van der Waals surface area contributed by atoms with Crippen molar-refractivity contribution in [1.82, 2.24) is 15.5 Å². The second-order valence-corrected chi connectivity index (χ2v) is 10.3. The maximum Gasteiger partial charge on any atom is 0.226 e. The lowest BCUT2D eigenvalue weighted by molar-refractivity contribution is -0.121. The van der Waals surface area contributed by atoms with E-state index in [9.17, 15) is 9.18 Å². The number of ether oxygens (including phenoxy) is 1. The van der Waals surface area contributed by atoms with Gasteiger partial charge in [0.1, 0.15) is 11.6 Å². The number of nitrogens with one attached hydrogen (secondary N) is 2. The van der Waals surface area contributed by atoms with Crippen molar-refractivity contribution in [1.29, 1.82) is 0 Å². The molecule has 1 fully saturated rings. The lowest BCUT2D eigenvalue weighted by Crippen LogP contribution is -2.38. The molecular formula is C32H45ClFN5O2. The number of hydrogen-bond acceptors (Lipinski definition) is 6. The molecule has 1 aromatic rings. The van der Waals surface area contributed by atoms with Crippen LogP contribution in [0.5, 0.6) is 0 Å². The number of hydrogen-bond donors (Lipinski definition) is 2. The van der Waals surface area contributed by atoms with Crippen molar-refractivity contribution in [2.24, 2.45) is 9.98 Å². The van der Waals surface area contributed by atoms with Gasteiger partial charge in [0.05, 0.1) is 24.6 Å². The number of aliphatic imine (C=N–C) groups is 2. The molecule has 1 amide bonds. The molecule has 0 aromatic heterocycles. The molecule has 0 atom stereocenters. The van der Waals surface area contributed by atoms with Gasteiger partial charge in [-0.25, -0.2) is 9.38 Å². The molecule has 2 rings (SSSR count). The first-order valence-corrected chi connectivity index (χ1v) is 14.6. The molecule has 7 nitrogen and oxygen atoms in total. The van der Waals surface area contributed by atoms with Crippen LogP contribution in [-0.2, 0) is 9.53 Å². The standard InChI is InChI=1S/C32H45ClFN5O2/c1-8-22(4)26(27-19-25(33)11-12-28(27)34)20-30(24(6)35-7)37-29(23(5)9-2)21-31(36-10-3)38-32(40)13-14-39-15-17-41-18-16-39/h10-12,19-21,37H,8-9,13-18H2,1-7H3,(H,38,40)/b26-22-,29-23-,30-20+,31-21+,35-24?,36-10-. The summed E-state index contributed by atoms with van der Waals surface area (Å²) in [5.41, 5.74) is 5.43. The summed E-state index contributed by atoms with van der Waals surface area (Å²) in [6, 6.07) is 4.57. The minimum absolute atomic E-state index is 0.107. The summed E-state index contributed by atoms with van der Waals surface area (Å²) in [6.07, 6.45) is 7.25. The number of morpholine rings is 1. The van der Waals surface area contributed by atoms with Gasteiger partial charge in [-0.05, 0) is 76.0 Å². The average Bonchev–Trinajstić information content (AvgIpc) is 2.98. The highest BCUT2D eigenvalue weighted by Gasteiger charge is 2.15. The first kappa shape index (κ1) is 34.1. The molecule has 0 aliphatic carbocycles. The Morgan fingerprint density at radius 2 is 1.78 bits per heavy atom. The Bertz CT molecular complexity index is 1240. The zero-order valence-corrected chi connectivity index (χ0v) is 26.3. The fraction of sp³-hybridized carbons (Fsp3) is 0.469. The predicted octanol–water partition coefficient (Wildman–Crippen LogP) is 6.68. The fourth-order valence-electron chi connectivity index (χ4n) is 4.09. The Hall–Kier alpha value is -3.07. The van der Waals surface area contributed by atoms with Crippen molar-refractivity contribution in [3.05, 3.63) is 75.1 Å². The number of benzene rings is 1. The van der Waals surface area contributed by atoms with E-state index in [1.807, 2.05) is 39.8 Å². The lowest BCUT2D eigenvalue weighted by atomic mass is 9.96. The van der Waals surface area contributed by atoms with Gasteiger partial charge in [-0.3, -0.25) is 14.7 Å². The molecule has 1 aliphatic rings. The molecule has 1 aliphatic heterocycles. The maximum absolute atomic E-state index is 15.0. The van der Waals surface area contributed by atoms with Gasteiger partial charge >= 0.3 is 0 Å². The highest BCUT2D eigenvalue weighted by molar-refractivity contribution is 6.30. The maximum atomic E-state index is 15.0. The van der Waals surface area contributed by atoms with Crippen molar-refractivity contribution >= 4 is 35.0 Å². The number of halogens is 2. The Morgan fingerprint density at radius 1 is 1.10 bits per heavy atom. The van der Waals surface area contributed by atoms with Gasteiger partial charge < -0.3 is 15.4 Å². The van der Waals surface area contributed by atoms with Crippen LogP contribution < -0.4 is 10.6 Å². The second kappa shape index (κ2) is 17.7. The zero-order valence-electron chi connectivity index (χ0n) is 25.5. The van der Waals surface area contributed by atoms with Gasteiger partial charge in [0.2, 0.25) is 5.91 Å². The number of allylic oxidation sites excluding steroid dienone is 6. The predicted molar refractivity (Wildman–Crippen MR) is 170 cm³/mol. The van der Waals surface area contributed by atoms with Crippen molar-refractivity contribution < 1.29 is 13.9 Å². The molecule has 0 radical (unpaired) electrons. The second-order valence-electron chi connectivity index (χ2n) is 9.88. The number of carbonyl (C=O) groups is 1. The topological polar surface area (TPSA) is 78.3 Å². The third-order valence-electron chi connectivity index (χ3n) is 7.06. The molecule has 1 aromatic carbocycles. The Morgan fingerprint density at radius 3 is 2.39 bits per heavy atom. The Labute approximate surface area is 250 Å². The third kappa shape index (κ3) is 11.0. The van der Waals surface area contributed by atoms with Crippen LogP contribution in [0.2, 0.25) is 5.02 Å². The van der Waals surface area contributed by atoms with Crippen molar-refractivity contribution in [3.63, 3.8) is 0 Å². The van der Waals surface area contributed by atoms with E-state index < -0.39 is 0 Å². The van der Waals surface area contributed by atoms with E-state index in [0.717, 1.165) is 54.1 Å². The van der Waals surface area contributed by atoms with Crippen molar-refractivity contribution in [3.8, 4) is 0 Å². The highest BCUT2D eigenvalue weighted by atomic mass is 35.5. The van der Waals surface area contributed by atoms with Crippen LogP contribution in [0.1, 0.15) is 66.4 Å². The number of rotatable bonds is 13. The SMILES string of the molecule is C\C=N/C(=C\C(N/C(=C/C(=C(\C)CC)c1cc(Cl)ccc1F)C(C)=NC)=C(/C)CC)NC(=O)CCN1CCOCC1. The molecule has 0 bridgehead atoms. The first-order chi connectivity index (χ1) is 19.6. The van der Waals surface area contributed by atoms with Gasteiger partial charge in [-0.15, -0.1) is 0 Å². The number of nitrogens with zero attached hydrogens (tertiary/aromatic N) is 3. The summed E-state index contributed by atoms with van der Waals surface area (Å²) >= 11 is 6.25. The minimum Gasteiger partial charge on any atom is -0.379 e. The number of amides is 1. The van der Waals surface area contributed by atoms with Crippen LogP contribution in [0.25, 0.3) is 5.57 Å². The average molecular weight is 586 g/mol. The molecule has 2 N–H and O–H groups in total. The van der Waals surface area contributed by atoms with Crippen LogP contribution in [0.15, 0.2) is 68.7 Å². The van der Waals surface area contributed by atoms with E-state index in [0.29, 0.717) is 48.3 Å². The lowest BCUT2D eigenvalue weighted by Gasteiger charge is -2.26. The normalized spacial score (nSPS) is 17.0. The number of carbonyl (C=O) groups excluding carboxylic acids is 1. The highest BCUT2D eigenvalue weighted by Crippen LogP contribution is 2.28. The molecular weight excluding hydrogens is 541 g/mol. The van der Waals surface area contributed by atoms with Gasteiger partial charge in [-0.2, -0.15) is 0 Å². The smallest absolute Gasteiger partial charge is 0.226 e. The summed E-state index contributed by atoms with van der Waals surface area (Å²) < 4.78 is 20.4. The van der Waals surface area contributed by atoms with Gasteiger partial charge in [-0.1, -0.05) is 31.0 Å². The molecule has 1 heterocycles. The van der Waals surface area contributed by atoms with Crippen molar-refractivity contribution in [2.75, 3.05) is 39.9 Å². The Balaban J connectivity index is 2.47. The van der Waals surface area contributed by atoms with Gasteiger partial charge in [0.15, 0.2) is 0 Å². The molecule has 0 saturated carbocycles. The quantitative estimate of drug-likeness (QED) is 0.200. The Kier molecular flexibility index (Phi) is 14.7. The van der Waals surface area contributed by atoms with E-state index in [-0.39, 0.29) is 11.7 Å². The molecule has 1 saturated heterocycles. The molecule has 0 spiro atoms. The molecule has 9 heteroatoms. The first-order valence-electron chi connectivity index (χ1n) is 14.2. The largest absolute Gasteiger partial charge is 0.379 e. The molecule has 224 valence electrons. The fourth-order valence-corrected chi connectivity index (χ4v) is 4.27. The summed E-state index contributed by atoms with van der Waals surface area (Å²) in [5.74, 6) is -0.0237. The third-order valence-corrected chi connectivity index (χ3v) is 7.29. The zero-order chi connectivity index (χ0) is 30.4. The van der Waals surface area contributed by atoms with Crippen molar-refractivity contribution in [2.45, 2.75) is 60.8 Å². The van der Waals surface area contributed by atoms with Crippen LogP contribution >= 0.6 is 11.6 Å². The van der Waals surface area contributed by atoms with Gasteiger partial charge in [0, 0.05) is 61.7 Å². The van der Waals surface area contributed by atoms with E-state index in [4.69, 9.17) is 16.3 Å². The summed E-state index contributed by atoms with van der Waals surface area (Å²) in [7, 11) is 1.72. The van der Waals surface area contributed by atoms with Crippen LogP contribution in [0, 0.1) is 5.82 Å². The monoisotopic (exact) mass is 585 g/mol. The van der Waals surface area contributed by atoms with Crippen LogP contribution in [0.3, 0.4) is 0 Å². The van der Waals surface area contributed by atoms with E-state index in [2.05, 4.69) is 32.4 Å². The summed E-state index contributed by atoms with van der Waals surface area (Å²) in [6.45, 7) is 15.5. The summed E-state index contributed by atoms with van der Waals surface area (Å²) in [4.78, 5) is 23.9. The minimum atomic E-state index is -0.348. The van der Waals surface area contributed by atoms with Crippen LogP contribution in [-0.4, -0.2) is 62.6 Å². The van der Waals surface area contributed by atoms with E-state index in [1.165, 1.54) is 6.07 Å². The summed E-state index contributed by atoms with van der Waals surface area (Å²) in [5, 5.41) is 6.93.